The van der Waals surface area contributed by atoms with Gasteiger partial charge in [-0.05, 0) is 51.6 Å². The molecule has 0 radical (unpaired) electrons. The molecule has 0 spiro atoms. The van der Waals surface area contributed by atoms with Crippen molar-refractivity contribution in [1.29, 1.82) is 0 Å². The fourth-order valence-corrected chi connectivity index (χ4v) is 3.53. The summed E-state index contributed by atoms with van der Waals surface area (Å²) in [6, 6.07) is 1.33. The number of aryl methyl sites for hydroxylation is 1. The van der Waals surface area contributed by atoms with Crippen molar-refractivity contribution < 1.29 is 0 Å². The molecule has 1 aliphatic carbocycles. The minimum Gasteiger partial charge on any atom is -0.353 e. The minimum absolute atomic E-state index is 0.648. The van der Waals surface area contributed by atoms with Crippen LogP contribution in [0.25, 0.3) is 0 Å². The third kappa shape index (κ3) is 1.83. The number of piperidine rings is 3. The van der Waals surface area contributed by atoms with Crippen LogP contribution < -0.4 is 5.32 Å². The lowest BCUT2D eigenvalue weighted by Crippen LogP contribution is -2.48. The molecule has 0 amide bonds. The zero-order chi connectivity index (χ0) is 12.1. The lowest BCUT2D eigenvalue weighted by molar-refractivity contribution is 0.0579. The van der Waals surface area contributed by atoms with Gasteiger partial charge in [-0.15, -0.1) is 0 Å². The van der Waals surface area contributed by atoms with E-state index in [1.807, 2.05) is 0 Å². The molecule has 4 fully saturated rings. The monoisotopic (exact) mass is 246 g/mol. The van der Waals surface area contributed by atoms with E-state index in [4.69, 9.17) is 0 Å². The molecule has 1 aromatic heterocycles. The van der Waals surface area contributed by atoms with Crippen molar-refractivity contribution in [1.82, 2.24) is 14.5 Å². The Labute approximate surface area is 108 Å². The Morgan fingerprint density at radius 1 is 1.22 bits per heavy atom. The molecule has 4 aliphatic rings. The van der Waals surface area contributed by atoms with Gasteiger partial charge in [0.05, 0.1) is 11.7 Å². The Morgan fingerprint density at radius 3 is 2.61 bits per heavy atom. The molecule has 3 aliphatic heterocycles. The number of hydrogen-bond acceptors (Lipinski definition) is 3. The molecule has 1 aromatic rings. The molecule has 1 saturated carbocycles. The summed E-state index contributed by atoms with van der Waals surface area (Å²) in [6.07, 6.45) is 7.60. The second-order valence-electron chi connectivity index (χ2n) is 6.24. The second-order valence-corrected chi connectivity index (χ2v) is 6.24. The van der Waals surface area contributed by atoms with Gasteiger partial charge in [0, 0.05) is 18.8 Å². The van der Waals surface area contributed by atoms with Crippen molar-refractivity contribution >= 4 is 5.95 Å². The SMILES string of the molecule is Cc1cn(C2CN3CCC2CC3)c(NC2CC2)n1. The van der Waals surface area contributed by atoms with Crippen molar-refractivity contribution in [3.8, 4) is 0 Å². The standard InChI is InChI=1S/C14H22N4/c1-10-8-18(14(15-10)16-12-2-3-12)13-9-17-6-4-11(13)5-7-17/h8,11-13H,2-7,9H2,1H3,(H,15,16). The lowest BCUT2D eigenvalue weighted by atomic mass is 9.84. The van der Waals surface area contributed by atoms with Gasteiger partial charge in [-0.1, -0.05) is 0 Å². The summed E-state index contributed by atoms with van der Waals surface area (Å²) in [5, 5.41) is 3.60. The van der Waals surface area contributed by atoms with Gasteiger partial charge in [-0.2, -0.15) is 0 Å². The van der Waals surface area contributed by atoms with E-state index in [1.165, 1.54) is 45.3 Å². The Bertz CT molecular complexity index is 441. The second kappa shape index (κ2) is 3.98. The van der Waals surface area contributed by atoms with Crippen LogP contribution in [0.5, 0.6) is 0 Å². The summed E-state index contributed by atoms with van der Waals surface area (Å²) < 4.78 is 2.43. The first-order valence-corrected chi connectivity index (χ1v) is 7.34. The summed E-state index contributed by atoms with van der Waals surface area (Å²) in [6.45, 7) is 5.94. The minimum atomic E-state index is 0.648. The molecule has 1 unspecified atom stereocenters. The molecule has 4 heterocycles. The number of hydrogen-bond donors (Lipinski definition) is 1. The van der Waals surface area contributed by atoms with E-state index in [2.05, 4.69) is 32.9 Å². The van der Waals surface area contributed by atoms with Gasteiger partial charge in [-0.3, -0.25) is 0 Å². The summed E-state index contributed by atoms with van der Waals surface area (Å²) in [7, 11) is 0. The van der Waals surface area contributed by atoms with Crippen LogP contribution in [-0.2, 0) is 0 Å². The van der Waals surface area contributed by atoms with E-state index in [-0.39, 0.29) is 0 Å². The third-order valence-electron chi connectivity index (χ3n) is 4.74. The van der Waals surface area contributed by atoms with Crippen LogP contribution in [0, 0.1) is 12.8 Å². The Hall–Kier alpha value is -1.03. The van der Waals surface area contributed by atoms with E-state index < -0.39 is 0 Å². The first-order valence-electron chi connectivity index (χ1n) is 7.34. The zero-order valence-corrected chi connectivity index (χ0v) is 11.1. The van der Waals surface area contributed by atoms with Gasteiger partial charge in [0.25, 0.3) is 0 Å². The van der Waals surface area contributed by atoms with Gasteiger partial charge in [-0.25, -0.2) is 4.98 Å². The van der Waals surface area contributed by atoms with E-state index >= 15 is 0 Å². The van der Waals surface area contributed by atoms with Crippen LogP contribution in [0.1, 0.15) is 37.4 Å². The van der Waals surface area contributed by atoms with Crippen LogP contribution in [0.15, 0.2) is 6.20 Å². The molecule has 1 N–H and O–H groups in total. The number of aromatic nitrogens is 2. The maximum atomic E-state index is 4.68. The van der Waals surface area contributed by atoms with Crippen molar-refractivity contribution in [2.24, 2.45) is 5.92 Å². The normalized spacial score (nSPS) is 34.8. The summed E-state index contributed by atoms with van der Waals surface area (Å²) in [5.74, 6) is 1.98. The quantitative estimate of drug-likeness (QED) is 0.886. The lowest BCUT2D eigenvalue weighted by Gasteiger charge is -2.45. The Balaban J connectivity index is 1.62. The molecule has 4 heteroatoms. The highest BCUT2D eigenvalue weighted by molar-refractivity contribution is 5.33. The van der Waals surface area contributed by atoms with Crippen LogP contribution >= 0.6 is 0 Å². The van der Waals surface area contributed by atoms with E-state index in [9.17, 15) is 0 Å². The molecular weight excluding hydrogens is 224 g/mol. The number of fused-ring (bicyclic) bond motifs is 3. The molecule has 2 bridgehead atoms. The predicted molar refractivity (Wildman–Crippen MR) is 71.8 cm³/mol. The van der Waals surface area contributed by atoms with Gasteiger partial charge < -0.3 is 14.8 Å². The number of anilines is 1. The highest BCUT2D eigenvalue weighted by atomic mass is 15.3. The summed E-state index contributed by atoms with van der Waals surface area (Å²) in [5.41, 5.74) is 1.15. The number of nitrogens with zero attached hydrogens (tertiary/aromatic N) is 3. The highest BCUT2D eigenvalue weighted by Gasteiger charge is 2.36. The van der Waals surface area contributed by atoms with Crippen LogP contribution in [0.4, 0.5) is 5.95 Å². The zero-order valence-electron chi connectivity index (χ0n) is 11.1. The molecule has 5 rings (SSSR count). The first-order chi connectivity index (χ1) is 8.79. The largest absolute Gasteiger partial charge is 0.353 e. The van der Waals surface area contributed by atoms with E-state index in [0.29, 0.717) is 12.1 Å². The molecule has 3 saturated heterocycles. The first kappa shape index (κ1) is 10.9. The average molecular weight is 246 g/mol. The molecule has 4 nitrogen and oxygen atoms in total. The molecule has 0 aromatic carbocycles. The van der Waals surface area contributed by atoms with Gasteiger partial charge in [0.2, 0.25) is 5.95 Å². The Kier molecular flexibility index (Phi) is 2.40. The smallest absolute Gasteiger partial charge is 0.203 e. The average Bonchev–Trinajstić information content (AvgIpc) is 3.13. The molecule has 1 atom stereocenters. The van der Waals surface area contributed by atoms with Crippen LogP contribution in [-0.4, -0.2) is 40.1 Å². The summed E-state index contributed by atoms with van der Waals surface area (Å²) in [4.78, 5) is 7.29. The van der Waals surface area contributed by atoms with Crippen molar-refractivity contribution in [3.63, 3.8) is 0 Å². The van der Waals surface area contributed by atoms with Crippen LogP contribution in [0.2, 0.25) is 0 Å². The van der Waals surface area contributed by atoms with Crippen molar-refractivity contribution in [2.45, 2.75) is 44.7 Å². The van der Waals surface area contributed by atoms with Crippen molar-refractivity contribution in [3.05, 3.63) is 11.9 Å². The number of nitrogens with one attached hydrogen (secondary N) is 1. The topological polar surface area (TPSA) is 33.1 Å². The van der Waals surface area contributed by atoms with Gasteiger partial charge in [0.15, 0.2) is 0 Å². The van der Waals surface area contributed by atoms with Crippen LogP contribution in [0.3, 0.4) is 0 Å². The molecule has 18 heavy (non-hydrogen) atoms. The van der Waals surface area contributed by atoms with E-state index in [1.54, 1.807) is 0 Å². The Morgan fingerprint density at radius 2 is 2.00 bits per heavy atom. The number of imidazole rings is 1. The molecule has 98 valence electrons. The highest BCUT2D eigenvalue weighted by Crippen LogP contribution is 2.37. The summed E-state index contributed by atoms with van der Waals surface area (Å²) >= 11 is 0. The fraction of sp³-hybridized carbons (Fsp3) is 0.786. The van der Waals surface area contributed by atoms with Crippen molar-refractivity contribution in [2.75, 3.05) is 25.0 Å². The maximum Gasteiger partial charge on any atom is 0.203 e. The van der Waals surface area contributed by atoms with Gasteiger partial charge >= 0.3 is 0 Å². The van der Waals surface area contributed by atoms with E-state index in [0.717, 1.165) is 17.6 Å². The molecular formula is C14H22N4. The predicted octanol–water partition coefficient (Wildman–Crippen LogP) is 2.03. The third-order valence-corrected chi connectivity index (χ3v) is 4.74. The fourth-order valence-electron chi connectivity index (χ4n) is 3.53. The van der Waals surface area contributed by atoms with Gasteiger partial charge in [0.1, 0.15) is 0 Å². The maximum absolute atomic E-state index is 4.68. The number of rotatable bonds is 3.